The van der Waals surface area contributed by atoms with Crippen LogP contribution in [0.15, 0.2) is 58.3 Å². The fourth-order valence-corrected chi connectivity index (χ4v) is 2.87. The highest BCUT2D eigenvalue weighted by molar-refractivity contribution is 7.80. The lowest BCUT2D eigenvalue weighted by Gasteiger charge is -2.28. The number of hydrogen-bond acceptors (Lipinski definition) is 4. The van der Waals surface area contributed by atoms with Crippen LogP contribution in [-0.4, -0.2) is 18.1 Å². The highest BCUT2D eigenvalue weighted by atomic mass is 32.1. The normalized spacial score (nSPS) is 17.1. The molecule has 6 nitrogen and oxygen atoms in total. The minimum absolute atomic E-state index is 0.263. The van der Waals surface area contributed by atoms with Gasteiger partial charge in [0.1, 0.15) is 17.6 Å². The number of hydrogen-bond donors (Lipinski definition) is 3. The van der Waals surface area contributed by atoms with Gasteiger partial charge in [-0.2, -0.15) is 0 Å². The van der Waals surface area contributed by atoms with Crippen molar-refractivity contribution in [1.29, 1.82) is 0 Å². The highest BCUT2D eigenvalue weighted by Gasteiger charge is 2.31. The zero-order valence-electron chi connectivity index (χ0n) is 13.3. The predicted molar refractivity (Wildman–Crippen MR) is 94.6 cm³/mol. The van der Waals surface area contributed by atoms with Gasteiger partial charge in [-0.25, -0.2) is 0 Å². The summed E-state index contributed by atoms with van der Waals surface area (Å²) in [5.41, 5.74) is 1.77. The zero-order valence-corrected chi connectivity index (χ0v) is 14.1. The third-order valence-corrected chi connectivity index (χ3v) is 3.92. The van der Waals surface area contributed by atoms with Crippen LogP contribution in [-0.2, 0) is 4.79 Å². The molecule has 1 atom stereocenters. The van der Waals surface area contributed by atoms with E-state index >= 15 is 0 Å². The van der Waals surface area contributed by atoms with E-state index in [-0.39, 0.29) is 5.91 Å². The Morgan fingerprint density at radius 1 is 1.29 bits per heavy atom. The van der Waals surface area contributed by atoms with Crippen LogP contribution in [0.3, 0.4) is 0 Å². The molecule has 1 unspecified atom stereocenters. The zero-order chi connectivity index (χ0) is 17.1. The fraction of sp³-hybridized carbons (Fsp3) is 0.176. The number of benzene rings is 1. The third kappa shape index (κ3) is 3.11. The van der Waals surface area contributed by atoms with E-state index in [1.165, 1.54) is 0 Å². The van der Waals surface area contributed by atoms with Gasteiger partial charge < -0.3 is 25.1 Å². The summed E-state index contributed by atoms with van der Waals surface area (Å²) in [6.07, 6.45) is 1.56. The Kier molecular flexibility index (Phi) is 4.52. The number of rotatable bonds is 4. The summed E-state index contributed by atoms with van der Waals surface area (Å²) in [6.45, 7) is 1.81. The second-order valence-corrected chi connectivity index (χ2v) is 5.65. The van der Waals surface area contributed by atoms with Crippen molar-refractivity contribution in [3.63, 3.8) is 0 Å². The van der Waals surface area contributed by atoms with Crippen molar-refractivity contribution in [2.45, 2.75) is 13.0 Å². The molecule has 1 amide bonds. The predicted octanol–water partition coefficient (Wildman–Crippen LogP) is 2.72. The number of para-hydroxylation sites is 2. The number of nitrogens with one attached hydrogen (secondary N) is 3. The molecule has 0 spiro atoms. The quantitative estimate of drug-likeness (QED) is 0.741. The molecule has 1 aliphatic rings. The van der Waals surface area contributed by atoms with Crippen LogP contribution in [0.2, 0.25) is 0 Å². The van der Waals surface area contributed by atoms with Gasteiger partial charge in [-0.1, -0.05) is 12.1 Å². The SMILES string of the molecule is COc1ccccc1NC(=O)C1=C(C)NC(=S)NC1c1ccco1. The molecule has 1 aromatic heterocycles. The number of carbonyl (C=O) groups excluding carboxylic acids is 1. The number of allylic oxidation sites excluding steroid dienone is 1. The second-order valence-electron chi connectivity index (χ2n) is 5.24. The number of ether oxygens (including phenoxy) is 1. The number of furan rings is 1. The van der Waals surface area contributed by atoms with Gasteiger partial charge in [0.05, 0.1) is 24.6 Å². The van der Waals surface area contributed by atoms with Crippen LogP contribution < -0.4 is 20.7 Å². The maximum atomic E-state index is 12.9. The summed E-state index contributed by atoms with van der Waals surface area (Å²) < 4.78 is 10.7. The fourth-order valence-electron chi connectivity index (χ4n) is 2.60. The Morgan fingerprint density at radius 3 is 2.79 bits per heavy atom. The van der Waals surface area contributed by atoms with Gasteiger partial charge >= 0.3 is 0 Å². The molecular formula is C17H17N3O3S. The first kappa shape index (κ1) is 16.1. The Labute approximate surface area is 144 Å². The molecule has 3 rings (SSSR count). The summed E-state index contributed by atoms with van der Waals surface area (Å²) in [4.78, 5) is 12.9. The minimum atomic E-state index is -0.455. The van der Waals surface area contributed by atoms with Crippen molar-refractivity contribution in [2.24, 2.45) is 0 Å². The first-order valence-corrected chi connectivity index (χ1v) is 7.77. The molecule has 0 radical (unpaired) electrons. The molecular weight excluding hydrogens is 326 g/mol. The lowest BCUT2D eigenvalue weighted by Crippen LogP contribution is -2.45. The number of carbonyl (C=O) groups is 1. The first-order valence-electron chi connectivity index (χ1n) is 7.36. The molecule has 0 aliphatic carbocycles. The largest absolute Gasteiger partial charge is 0.495 e. The van der Waals surface area contributed by atoms with Gasteiger partial charge in [0.25, 0.3) is 5.91 Å². The van der Waals surface area contributed by atoms with Crippen LogP contribution in [0.4, 0.5) is 5.69 Å². The van der Waals surface area contributed by atoms with Crippen molar-refractivity contribution in [3.05, 3.63) is 59.7 Å². The molecule has 2 aromatic rings. The van der Waals surface area contributed by atoms with Gasteiger partial charge in [0, 0.05) is 5.70 Å². The van der Waals surface area contributed by atoms with Gasteiger partial charge in [-0.05, 0) is 43.4 Å². The molecule has 0 bridgehead atoms. The average molecular weight is 343 g/mol. The molecule has 1 aromatic carbocycles. The van der Waals surface area contributed by atoms with Crippen LogP contribution in [0.25, 0.3) is 0 Å². The Hall–Kier alpha value is -2.80. The standard InChI is InChI=1S/C17H17N3O3S/c1-10-14(15(20-17(24)18-10)13-8-5-9-23-13)16(21)19-11-6-3-4-7-12(11)22-2/h3-9,15H,1-2H3,(H,19,21)(H2,18,20,24). The molecule has 3 N–H and O–H groups in total. The number of anilines is 1. The first-order chi connectivity index (χ1) is 11.6. The summed E-state index contributed by atoms with van der Waals surface area (Å²) in [5, 5.41) is 9.38. The summed E-state index contributed by atoms with van der Waals surface area (Å²) >= 11 is 5.19. The van der Waals surface area contributed by atoms with Crippen molar-refractivity contribution in [1.82, 2.24) is 10.6 Å². The molecule has 24 heavy (non-hydrogen) atoms. The van der Waals surface area contributed by atoms with E-state index in [2.05, 4.69) is 16.0 Å². The van der Waals surface area contributed by atoms with E-state index in [0.717, 1.165) is 0 Å². The number of thiocarbonyl (C=S) groups is 1. The van der Waals surface area contributed by atoms with Gasteiger partial charge in [-0.3, -0.25) is 4.79 Å². The van der Waals surface area contributed by atoms with Crippen LogP contribution in [0, 0.1) is 0 Å². The lowest BCUT2D eigenvalue weighted by atomic mass is 10.00. The smallest absolute Gasteiger partial charge is 0.256 e. The van der Waals surface area contributed by atoms with E-state index in [9.17, 15) is 4.79 Å². The monoisotopic (exact) mass is 343 g/mol. The van der Waals surface area contributed by atoms with Crippen molar-refractivity contribution < 1.29 is 13.9 Å². The average Bonchev–Trinajstić information content (AvgIpc) is 3.08. The topological polar surface area (TPSA) is 75.5 Å². The van der Waals surface area contributed by atoms with Gasteiger partial charge in [-0.15, -0.1) is 0 Å². The van der Waals surface area contributed by atoms with E-state index in [1.807, 2.05) is 12.1 Å². The van der Waals surface area contributed by atoms with Gasteiger partial charge in [0.15, 0.2) is 5.11 Å². The second kappa shape index (κ2) is 6.76. The number of methoxy groups -OCH3 is 1. The highest BCUT2D eigenvalue weighted by Crippen LogP contribution is 2.30. The summed E-state index contributed by atoms with van der Waals surface area (Å²) in [7, 11) is 1.56. The van der Waals surface area contributed by atoms with Crippen LogP contribution in [0.1, 0.15) is 18.7 Å². The maximum Gasteiger partial charge on any atom is 0.256 e. The van der Waals surface area contributed by atoms with E-state index < -0.39 is 6.04 Å². The Balaban J connectivity index is 1.93. The van der Waals surface area contributed by atoms with E-state index in [1.54, 1.807) is 44.6 Å². The number of amides is 1. The van der Waals surface area contributed by atoms with Crippen LogP contribution >= 0.6 is 12.2 Å². The van der Waals surface area contributed by atoms with Crippen LogP contribution in [0.5, 0.6) is 5.75 Å². The molecule has 0 fully saturated rings. The van der Waals surface area contributed by atoms with Crippen molar-refractivity contribution in [3.8, 4) is 5.75 Å². The van der Waals surface area contributed by atoms with Crippen molar-refractivity contribution >= 4 is 28.9 Å². The molecule has 1 aliphatic heterocycles. The molecule has 0 saturated carbocycles. The maximum absolute atomic E-state index is 12.9. The lowest BCUT2D eigenvalue weighted by molar-refractivity contribution is -0.113. The van der Waals surface area contributed by atoms with Gasteiger partial charge in [0.2, 0.25) is 0 Å². The minimum Gasteiger partial charge on any atom is -0.495 e. The van der Waals surface area contributed by atoms with Crippen molar-refractivity contribution in [2.75, 3.05) is 12.4 Å². The third-order valence-electron chi connectivity index (χ3n) is 3.70. The van der Waals surface area contributed by atoms with E-state index in [0.29, 0.717) is 33.6 Å². The molecule has 7 heteroatoms. The molecule has 2 heterocycles. The molecule has 124 valence electrons. The summed E-state index contributed by atoms with van der Waals surface area (Å²) in [6, 6.07) is 10.4. The summed E-state index contributed by atoms with van der Waals surface area (Å²) in [5.74, 6) is 0.940. The molecule has 0 saturated heterocycles. The Bertz CT molecular complexity index is 799. The Morgan fingerprint density at radius 2 is 2.08 bits per heavy atom. The van der Waals surface area contributed by atoms with E-state index in [4.69, 9.17) is 21.4 Å².